The molecule has 0 aromatic carbocycles. The van der Waals surface area contributed by atoms with E-state index in [0.29, 0.717) is 6.04 Å². The summed E-state index contributed by atoms with van der Waals surface area (Å²) in [6.45, 7) is 4.83. The third-order valence-corrected chi connectivity index (χ3v) is 2.58. The van der Waals surface area contributed by atoms with Crippen LogP contribution in [0.4, 0.5) is 0 Å². The molecule has 0 aliphatic carbocycles. The summed E-state index contributed by atoms with van der Waals surface area (Å²) in [6, 6.07) is 8.32. The van der Waals surface area contributed by atoms with Gasteiger partial charge >= 0.3 is 0 Å². The number of hydrogen-bond donors (Lipinski definition) is 1. The molecule has 1 atom stereocenters. The summed E-state index contributed by atoms with van der Waals surface area (Å²) >= 11 is 0. The van der Waals surface area contributed by atoms with E-state index >= 15 is 0 Å². The van der Waals surface area contributed by atoms with Crippen LogP contribution in [-0.4, -0.2) is 4.98 Å². The van der Waals surface area contributed by atoms with Gasteiger partial charge in [-0.15, -0.1) is 0 Å². The molecule has 2 rings (SSSR count). The molecular formula is C13H16N2O. The van der Waals surface area contributed by atoms with E-state index in [1.807, 2.05) is 43.6 Å². The van der Waals surface area contributed by atoms with Crippen molar-refractivity contribution in [1.29, 1.82) is 0 Å². The van der Waals surface area contributed by atoms with Crippen LogP contribution in [0.2, 0.25) is 0 Å². The molecule has 2 aromatic heterocycles. The highest BCUT2D eigenvalue weighted by atomic mass is 16.3. The summed E-state index contributed by atoms with van der Waals surface area (Å²) in [5.41, 5.74) is 1.23. The lowest BCUT2D eigenvalue weighted by Crippen LogP contribution is -2.17. The molecule has 2 aromatic rings. The zero-order valence-corrected chi connectivity index (χ0v) is 9.60. The van der Waals surface area contributed by atoms with Crippen LogP contribution in [0.25, 0.3) is 0 Å². The van der Waals surface area contributed by atoms with Gasteiger partial charge in [-0.25, -0.2) is 0 Å². The van der Waals surface area contributed by atoms with E-state index in [0.717, 1.165) is 18.1 Å². The van der Waals surface area contributed by atoms with Crippen molar-refractivity contribution in [3.63, 3.8) is 0 Å². The second kappa shape index (κ2) is 4.94. The smallest absolute Gasteiger partial charge is 0.117 e. The predicted octanol–water partition coefficient (Wildman–Crippen LogP) is 2.83. The molecule has 0 spiro atoms. The maximum absolute atomic E-state index is 5.49. The van der Waals surface area contributed by atoms with Gasteiger partial charge in [-0.2, -0.15) is 0 Å². The van der Waals surface area contributed by atoms with Crippen LogP contribution in [0.15, 0.2) is 41.1 Å². The number of aryl methyl sites for hydroxylation is 1. The van der Waals surface area contributed by atoms with Crippen LogP contribution < -0.4 is 5.32 Å². The number of nitrogens with zero attached hydrogens (tertiary/aromatic N) is 1. The summed E-state index contributed by atoms with van der Waals surface area (Å²) < 4.78 is 5.49. The summed E-state index contributed by atoms with van der Waals surface area (Å²) in [5.74, 6) is 1.92. The Labute approximate surface area is 95.5 Å². The van der Waals surface area contributed by atoms with Crippen LogP contribution in [0.1, 0.15) is 30.0 Å². The Hall–Kier alpha value is -1.61. The minimum absolute atomic E-state index is 0.299. The zero-order valence-electron chi connectivity index (χ0n) is 9.60. The van der Waals surface area contributed by atoms with Crippen molar-refractivity contribution in [3.05, 3.63) is 53.7 Å². The minimum Gasteiger partial charge on any atom is -0.465 e. The highest BCUT2D eigenvalue weighted by Gasteiger charge is 2.05. The monoisotopic (exact) mass is 216 g/mol. The normalized spacial score (nSPS) is 12.6. The molecule has 84 valence electrons. The first-order valence-corrected chi connectivity index (χ1v) is 5.44. The van der Waals surface area contributed by atoms with E-state index in [9.17, 15) is 0 Å². The molecule has 0 saturated heterocycles. The van der Waals surface area contributed by atoms with Gasteiger partial charge in [0, 0.05) is 18.4 Å². The van der Waals surface area contributed by atoms with Crippen LogP contribution in [0, 0.1) is 6.92 Å². The Bertz CT molecular complexity index is 436. The highest BCUT2D eigenvalue weighted by molar-refractivity contribution is 5.14. The van der Waals surface area contributed by atoms with E-state index in [4.69, 9.17) is 4.42 Å². The topological polar surface area (TPSA) is 38.1 Å². The number of hydrogen-bond acceptors (Lipinski definition) is 3. The van der Waals surface area contributed by atoms with Gasteiger partial charge in [-0.3, -0.25) is 4.98 Å². The third kappa shape index (κ3) is 2.70. The molecule has 3 nitrogen and oxygen atoms in total. The van der Waals surface area contributed by atoms with Gasteiger partial charge in [0.05, 0.1) is 6.54 Å². The van der Waals surface area contributed by atoms with Crippen molar-refractivity contribution >= 4 is 0 Å². The molecular weight excluding hydrogens is 200 g/mol. The van der Waals surface area contributed by atoms with Crippen molar-refractivity contribution in [2.24, 2.45) is 0 Å². The van der Waals surface area contributed by atoms with E-state index < -0.39 is 0 Å². The standard InChI is InChI=1S/C13H16N2O/c1-10-3-4-13(16-10)9-15-11(2)12-5-7-14-8-6-12/h3-8,11,15H,9H2,1-2H3/t11-/m0/s1. The molecule has 0 saturated carbocycles. The number of pyridine rings is 1. The van der Waals surface area contributed by atoms with Crippen molar-refractivity contribution in [2.75, 3.05) is 0 Å². The lowest BCUT2D eigenvalue weighted by atomic mass is 10.1. The highest BCUT2D eigenvalue weighted by Crippen LogP contribution is 2.12. The van der Waals surface area contributed by atoms with Gasteiger partial charge in [0.15, 0.2) is 0 Å². The first-order chi connectivity index (χ1) is 7.75. The maximum Gasteiger partial charge on any atom is 0.117 e. The molecule has 0 amide bonds. The van der Waals surface area contributed by atoms with Gasteiger partial charge in [0.25, 0.3) is 0 Å². The van der Waals surface area contributed by atoms with Crippen LogP contribution >= 0.6 is 0 Å². The lowest BCUT2D eigenvalue weighted by molar-refractivity contribution is 0.444. The van der Waals surface area contributed by atoms with Gasteiger partial charge in [-0.05, 0) is 43.7 Å². The summed E-state index contributed by atoms with van der Waals surface area (Å²) in [5, 5.41) is 3.41. The second-order valence-electron chi connectivity index (χ2n) is 3.90. The third-order valence-electron chi connectivity index (χ3n) is 2.58. The quantitative estimate of drug-likeness (QED) is 0.854. The Kier molecular flexibility index (Phi) is 3.37. The molecule has 0 unspecified atom stereocenters. The maximum atomic E-state index is 5.49. The average molecular weight is 216 g/mol. The summed E-state index contributed by atoms with van der Waals surface area (Å²) in [4.78, 5) is 4.00. The molecule has 0 fully saturated rings. The number of furan rings is 1. The summed E-state index contributed by atoms with van der Waals surface area (Å²) in [7, 11) is 0. The van der Waals surface area contributed by atoms with E-state index in [-0.39, 0.29) is 0 Å². The molecule has 2 heterocycles. The fraction of sp³-hybridized carbons (Fsp3) is 0.308. The van der Waals surface area contributed by atoms with Gasteiger partial charge in [0.1, 0.15) is 11.5 Å². The summed E-state index contributed by atoms with van der Waals surface area (Å²) in [6.07, 6.45) is 3.62. The molecule has 0 radical (unpaired) electrons. The molecule has 16 heavy (non-hydrogen) atoms. The largest absolute Gasteiger partial charge is 0.465 e. The second-order valence-corrected chi connectivity index (χ2v) is 3.90. The Balaban J connectivity index is 1.91. The SMILES string of the molecule is Cc1ccc(CN[C@@H](C)c2ccncc2)o1. The predicted molar refractivity (Wildman–Crippen MR) is 62.9 cm³/mol. The van der Waals surface area contributed by atoms with Crippen LogP contribution in [0.3, 0.4) is 0 Å². The van der Waals surface area contributed by atoms with Crippen LogP contribution in [-0.2, 0) is 6.54 Å². The van der Waals surface area contributed by atoms with Crippen molar-refractivity contribution in [1.82, 2.24) is 10.3 Å². The molecule has 0 bridgehead atoms. The van der Waals surface area contributed by atoms with Gasteiger partial charge in [-0.1, -0.05) is 0 Å². The zero-order chi connectivity index (χ0) is 11.4. The average Bonchev–Trinajstić information content (AvgIpc) is 2.73. The van der Waals surface area contributed by atoms with Crippen molar-refractivity contribution in [3.8, 4) is 0 Å². The number of rotatable bonds is 4. The van der Waals surface area contributed by atoms with Crippen molar-refractivity contribution in [2.45, 2.75) is 26.4 Å². The first-order valence-electron chi connectivity index (χ1n) is 5.44. The fourth-order valence-electron chi connectivity index (χ4n) is 1.60. The van der Waals surface area contributed by atoms with E-state index in [1.54, 1.807) is 0 Å². The van der Waals surface area contributed by atoms with Crippen LogP contribution in [0.5, 0.6) is 0 Å². The minimum atomic E-state index is 0.299. The Morgan fingerprint density at radius 1 is 1.25 bits per heavy atom. The molecule has 0 aliphatic heterocycles. The molecule has 3 heteroatoms. The number of nitrogens with one attached hydrogen (secondary N) is 1. The first kappa shape index (κ1) is 10.9. The molecule has 0 aliphatic rings. The fourth-order valence-corrected chi connectivity index (χ4v) is 1.60. The Morgan fingerprint density at radius 3 is 2.62 bits per heavy atom. The number of aromatic nitrogens is 1. The van der Waals surface area contributed by atoms with Crippen molar-refractivity contribution < 1.29 is 4.42 Å². The van der Waals surface area contributed by atoms with E-state index in [1.165, 1.54) is 5.56 Å². The lowest BCUT2D eigenvalue weighted by Gasteiger charge is -2.12. The Morgan fingerprint density at radius 2 is 2.00 bits per heavy atom. The van der Waals surface area contributed by atoms with Gasteiger partial charge in [0.2, 0.25) is 0 Å². The van der Waals surface area contributed by atoms with Gasteiger partial charge < -0.3 is 9.73 Å². The molecule has 1 N–H and O–H groups in total. The van der Waals surface area contributed by atoms with E-state index in [2.05, 4.69) is 17.2 Å².